The van der Waals surface area contributed by atoms with Crippen LogP contribution >= 0.6 is 15.9 Å². The summed E-state index contributed by atoms with van der Waals surface area (Å²) >= 11 is 3.47. The van der Waals surface area contributed by atoms with E-state index in [1.165, 1.54) is 0 Å². The van der Waals surface area contributed by atoms with Gasteiger partial charge >= 0.3 is 0 Å². The highest BCUT2D eigenvalue weighted by molar-refractivity contribution is 9.10. The van der Waals surface area contributed by atoms with E-state index in [9.17, 15) is 4.79 Å². The molecule has 3 rings (SSSR count). The number of benzene rings is 2. The second kappa shape index (κ2) is 4.79. The Morgan fingerprint density at radius 3 is 2.53 bits per heavy atom. The monoisotopic (exact) mass is 317 g/mol. The van der Waals surface area contributed by atoms with Gasteiger partial charge in [-0.2, -0.15) is 0 Å². The normalized spacial score (nSPS) is 21.1. The largest absolute Gasteiger partial charge is 0.398 e. The number of para-hydroxylation sites is 1. The second-order valence-corrected chi connectivity index (χ2v) is 5.30. The van der Waals surface area contributed by atoms with Gasteiger partial charge in [-0.15, -0.1) is 0 Å². The van der Waals surface area contributed by atoms with Crippen LogP contribution in [0.25, 0.3) is 0 Å². The maximum atomic E-state index is 12.3. The van der Waals surface area contributed by atoms with Gasteiger partial charge in [0.05, 0.1) is 0 Å². The van der Waals surface area contributed by atoms with Gasteiger partial charge in [-0.3, -0.25) is 4.79 Å². The number of anilines is 1. The first-order valence-electron chi connectivity index (χ1n) is 5.97. The van der Waals surface area contributed by atoms with Gasteiger partial charge in [-0.05, 0) is 23.8 Å². The summed E-state index contributed by atoms with van der Waals surface area (Å²) in [5.74, 6) is -0.0566. The van der Waals surface area contributed by atoms with Crippen molar-refractivity contribution in [1.29, 1.82) is 0 Å². The Morgan fingerprint density at radius 2 is 1.79 bits per heavy atom. The van der Waals surface area contributed by atoms with Crippen molar-refractivity contribution in [1.82, 2.24) is 0 Å². The number of nitrogen functional groups attached to an aromatic ring is 1. The van der Waals surface area contributed by atoms with Crippen molar-refractivity contribution in [2.24, 2.45) is 0 Å². The second-order valence-electron chi connectivity index (χ2n) is 4.45. The van der Waals surface area contributed by atoms with Crippen LogP contribution in [-0.4, -0.2) is 11.9 Å². The van der Waals surface area contributed by atoms with Gasteiger partial charge in [-0.25, -0.2) is 0 Å². The van der Waals surface area contributed by atoms with Crippen LogP contribution in [0.3, 0.4) is 0 Å². The van der Waals surface area contributed by atoms with Crippen LogP contribution in [0.2, 0.25) is 0 Å². The Morgan fingerprint density at radius 1 is 1.11 bits per heavy atom. The van der Waals surface area contributed by atoms with Crippen molar-refractivity contribution < 1.29 is 9.53 Å². The van der Waals surface area contributed by atoms with Crippen molar-refractivity contribution in [3.05, 3.63) is 64.1 Å². The lowest BCUT2D eigenvalue weighted by molar-refractivity contribution is 0.0954. The van der Waals surface area contributed by atoms with E-state index in [1.807, 2.05) is 30.3 Å². The molecule has 0 spiro atoms. The van der Waals surface area contributed by atoms with Crippen LogP contribution in [0.15, 0.2) is 53.0 Å². The molecule has 2 aromatic carbocycles. The minimum absolute atomic E-state index is 0.0566. The highest BCUT2D eigenvalue weighted by Crippen LogP contribution is 2.43. The molecule has 1 aliphatic heterocycles. The smallest absolute Gasteiger partial charge is 0.196 e. The lowest BCUT2D eigenvalue weighted by Crippen LogP contribution is -2.10. The van der Waals surface area contributed by atoms with Gasteiger partial charge < -0.3 is 10.5 Å². The lowest BCUT2D eigenvalue weighted by Gasteiger charge is -2.02. The fraction of sp³-hybridized carbons (Fsp3) is 0.133. The summed E-state index contributed by atoms with van der Waals surface area (Å²) in [6.07, 6.45) is -0.605. The number of carbonyl (C=O) groups is 1. The number of epoxide rings is 1. The van der Waals surface area contributed by atoms with Crippen LogP contribution in [0.1, 0.15) is 22.0 Å². The Balaban J connectivity index is 1.83. The molecule has 96 valence electrons. The maximum absolute atomic E-state index is 12.3. The number of ketones is 1. The van der Waals surface area contributed by atoms with Gasteiger partial charge in [0, 0.05) is 15.7 Å². The molecule has 0 saturated carbocycles. The third-order valence-electron chi connectivity index (χ3n) is 3.19. The van der Waals surface area contributed by atoms with Gasteiger partial charge in [0.1, 0.15) is 6.10 Å². The summed E-state index contributed by atoms with van der Waals surface area (Å²) in [6, 6.07) is 14.8. The van der Waals surface area contributed by atoms with E-state index in [0.717, 1.165) is 10.0 Å². The third-order valence-corrected chi connectivity index (χ3v) is 3.91. The van der Waals surface area contributed by atoms with Gasteiger partial charge in [0.2, 0.25) is 0 Å². The summed E-state index contributed by atoms with van der Waals surface area (Å²) in [7, 11) is 0. The summed E-state index contributed by atoms with van der Waals surface area (Å²) in [5, 5.41) is 0. The average Bonchev–Trinajstić information content (AvgIpc) is 3.19. The molecule has 2 atom stereocenters. The molecule has 1 saturated heterocycles. The van der Waals surface area contributed by atoms with Crippen molar-refractivity contribution in [3.63, 3.8) is 0 Å². The number of nitrogens with two attached hydrogens (primary N) is 1. The molecule has 19 heavy (non-hydrogen) atoms. The molecule has 0 aliphatic carbocycles. The van der Waals surface area contributed by atoms with E-state index in [1.54, 1.807) is 18.2 Å². The molecule has 1 aliphatic rings. The SMILES string of the molecule is Nc1ccccc1C(=O)C1OC1c1ccccc1Br. The number of halogens is 1. The molecule has 0 radical (unpaired) electrons. The standard InChI is InChI=1S/C15H12BrNO2/c16-11-7-3-1-5-9(11)14-15(19-14)13(18)10-6-2-4-8-12(10)17/h1-8,14-15H,17H2. The highest BCUT2D eigenvalue weighted by Gasteiger charge is 2.47. The molecule has 0 aromatic heterocycles. The Hall–Kier alpha value is -1.65. The first kappa shape index (κ1) is 12.4. The van der Waals surface area contributed by atoms with Crippen LogP contribution < -0.4 is 5.73 Å². The van der Waals surface area contributed by atoms with Crippen molar-refractivity contribution in [2.45, 2.75) is 12.2 Å². The molecule has 3 nitrogen and oxygen atoms in total. The predicted molar refractivity (Wildman–Crippen MR) is 76.9 cm³/mol. The lowest BCUT2D eigenvalue weighted by atomic mass is 10.0. The van der Waals surface area contributed by atoms with Crippen molar-refractivity contribution >= 4 is 27.4 Å². The molecule has 0 amide bonds. The first-order valence-corrected chi connectivity index (χ1v) is 6.76. The van der Waals surface area contributed by atoms with Crippen LogP contribution in [-0.2, 0) is 4.74 Å². The molecular weight excluding hydrogens is 306 g/mol. The van der Waals surface area contributed by atoms with Gasteiger partial charge in [0.15, 0.2) is 11.9 Å². The molecule has 2 N–H and O–H groups in total. The number of carbonyl (C=O) groups excluding carboxylic acids is 1. The molecule has 1 fully saturated rings. The fourth-order valence-corrected chi connectivity index (χ4v) is 2.64. The number of rotatable bonds is 3. The molecule has 2 aromatic rings. The Bertz CT molecular complexity index is 642. The zero-order valence-corrected chi connectivity index (χ0v) is 11.6. The van der Waals surface area contributed by atoms with Gasteiger partial charge in [0.25, 0.3) is 0 Å². The van der Waals surface area contributed by atoms with E-state index in [2.05, 4.69) is 15.9 Å². The predicted octanol–water partition coefficient (Wildman–Crippen LogP) is 3.35. The minimum atomic E-state index is -0.427. The van der Waals surface area contributed by atoms with Crippen LogP contribution in [0.4, 0.5) is 5.69 Å². The number of ether oxygens (including phenoxy) is 1. The topological polar surface area (TPSA) is 55.6 Å². The summed E-state index contributed by atoms with van der Waals surface area (Å²) < 4.78 is 6.47. The van der Waals surface area contributed by atoms with E-state index >= 15 is 0 Å². The summed E-state index contributed by atoms with van der Waals surface area (Å²) in [4.78, 5) is 12.3. The van der Waals surface area contributed by atoms with E-state index in [-0.39, 0.29) is 11.9 Å². The number of hydrogen-bond donors (Lipinski definition) is 1. The quantitative estimate of drug-likeness (QED) is 0.536. The van der Waals surface area contributed by atoms with E-state index in [0.29, 0.717) is 11.3 Å². The molecule has 1 heterocycles. The van der Waals surface area contributed by atoms with E-state index in [4.69, 9.17) is 10.5 Å². The third kappa shape index (κ3) is 2.29. The molecular formula is C15H12BrNO2. The number of Topliss-reactive ketones (excluding diaryl/α,β-unsaturated/α-hetero) is 1. The molecule has 2 unspecified atom stereocenters. The fourth-order valence-electron chi connectivity index (χ4n) is 2.13. The van der Waals surface area contributed by atoms with Crippen molar-refractivity contribution in [2.75, 3.05) is 5.73 Å². The average molecular weight is 318 g/mol. The first-order chi connectivity index (χ1) is 9.18. The van der Waals surface area contributed by atoms with Gasteiger partial charge in [-0.1, -0.05) is 46.3 Å². The summed E-state index contributed by atoms with van der Waals surface area (Å²) in [6.45, 7) is 0. The molecule has 4 heteroatoms. The summed E-state index contributed by atoms with van der Waals surface area (Å²) in [5.41, 5.74) is 7.84. The van der Waals surface area contributed by atoms with Crippen LogP contribution in [0.5, 0.6) is 0 Å². The van der Waals surface area contributed by atoms with Crippen molar-refractivity contribution in [3.8, 4) is 0 Å². The Labute approximate surface area is 119 Å². The zero-order chi connectivity index (χ0) is 13.4. The molecule has 0 bridgehead atoms. The Kier molecular flexibility index (Phi) is 3.12. The number of hydrogen-bond acceptors (Lipinski definition) is 3. The zero-order valence-electron chi connectivity index (χ0n) is 10.0. The highest BCUT2D eigenvalue weighted by atomic mass is 79.9. The minimum Gasteiger partial charge on any atom is -0.398 e. The maximum Gasteiger partial charge on any atom is 0.196 e. The van der Waals surface area contributed by atoms with E-state index < -0.39 is 6.10 Å². The van der Waals surface area contributed by atoms with Crippen LogP contribution in [0, 0.1) is 0 Å².